The average Bonchev–Trinajstić information content (AvgIpc) is 3.06. The molecule has 7 nitrogen and oxygen atoms in total. The van der Waals surface area contributed by atoms with Crippen molar-refractivity contribution in [1.82, 2.24) is 20.0 Å². The molecule has 1 aromatic heterocycles. The maximum atomic E-state index is 12.4. The van der Waals surface area contributed by atoms with E-state index in [9.17, 15) is 9.59 Å². The van der Waals surface area contributed by atoms with Gasteiger partial charge in [0, 0.05) is 25.1 Å². The summed E-state index contributed by atoms with van der Waals surface area (Å²) in [5.74, 6) is -0.449. The lowest BCUT2D eigenvalue weighted by atomic mass is 10.0. The highest BCUT2D eigenvalue weighted by molar-refractivity contribution is 5.89. The molecule has 0 saturated heterocycles. The van der Waals surface area contributed by atoms with Crippen LogP contribution in [0.2, 0.25) is 0 Å². The number of amides is 2. The highest BCUT2D eigenvalue weighted by Gasteiger charge is 2.31. The van der Waals surface area contributed by atoms with Crippen molar-refractivity contribution >= 4 is 12.0 Å². The molecular formula is C20H26N4O3. The van der Waals surface area contributed by atoms with Crippen LogP contribution in [0.4, 0.5) is 4.79 Å². The molecule has 0 saturated carbocycles. The van der Waals surface area contributed by atoms with Crippen LogP contribution >= 0.6 is 0 Å². The van der Waals surface area contributed by atoms with E-state index in [1.54, 1.807) is 11.8 Å². The Hall–Kier alpha value is -2.83. The fourth-order valence-electron chi connectivity index (χ4n) is 3.20. The largest absolute Gasteiger partial charge is 0.461 e. The van der Waals surface area contributed by atoms with Crippen molar-refractivity contribution in [2.75, 3.05) is 19.7 Å². The topological polar surface area (TPSA) is 76.5 Å². The Labute approximate surface area is 159 Å². The van der Waals surface area contributed by atoms with Crippen LogP contribution in [0.1, 0.15) is 47.6 Å². The minimum absolute atomic E-state index is 0.111. The van der Waals surface area contributed by atoms with Gasteiger partial charge in [-0.05, 0) is 32.4 Å². The molecule has 2 aromatic rings. The maximum Gasteiger partial charge on any atom is 0.359 e. The van der Waals surface area contributed by atoms with E-state index in [0.29, 0.717) is 31.7 Å². The van der Waals surface area contributed by atoms with Gasteiger partial charge in [-0.15, -0.1) is 0 Å². The molecule has 0 unspecified atom stereocenters. The van der Waals surface area contributed by atoms with Crippen LogP contribution in [0.25, 0.3) is 5.69 Å². The fraction of sp³-hybridized carbons (Fsp3) is 0.450. The van der Waals surface area contributed by atoms with Crippen LogP contribution in [0, 0.1) is 6.92 Å². The molecular weight excluding hydrogens is 344 g/mol. The van der Waals surface area contributed by atoms with Gasteiger partial charge in [-0.2, -0.15) is 5.10 Å². The lowest BCUT2D eigenvalue weighted by Crippen LogP contribution is -2.43. The van der Waals surface area contributed by atoms with Crippen LogP contribution in [0.3, 0.4) is 0 Å². The summed E-state index contributed by atoms with van der Waals surface area (Å²) in [6.45, 7) is 7.67. The number of ether oxygens (including phenoxy) is 1. The smallest absolute Gasteiger partial charge is 0.359 e. The first kappa shape index (κ1) is 18.9. The molecule has 2 amide bonds. The van der Waals surface area contributed by atoms with Crippen LogP contribution in [0.15, 0.2) is 24.3 Å². The Morgan fingerprint density at radius 3 is 2.63 bits per heavy atom. The number of carbonyl (C=O) groups excluding carboxylic acids is 2. The van der Waals surface area contributed by atoms with E-state index in [4.69, 9.17) is 4.74 Å². The third-order valence-electron chi connectivity index (χ3n) is 4.62. The zero-order valence-electron chi connectivity index (χ0n) is 16.1. The monoisotopic (exact) mass is 370 g/mol. The second-order valence-corrected chi connectivity index (χ2v) is 6.65. The standard InChI is InChI=1S/C20H26N4O3/c1-4-11-21-20(26)23-12-10-17-16(13-23)18(19(25)27-5-2)22-24(17)15-8-6-14(3)7-9-15/h6-9H,4-5,10-13H2,1-3H3,(H,21,26). The normalized spacial score (nSPS) is 13.2. The Morgan fingerprint density at radius 1 is 1.22 bits per heavy atom. The minimum Gasteiger partial charge on any atom is -0.461 e. The van der Waals surface area contributed by atoms with E-state index >= 15 is 0 Å². The molecule has 0 bridgehead atoms. The van der Waals surface area contributed by atoms with Crippen LogP contribution < -0.4 is 5.32 Å². The number of carbonyl (C=O) groups is 2. The van der Waals surface area contributed by atoms with E-state index in [1.807, 2.05) is 42.8 Å². The molecule has 144 valence electrons. The molecule has 1 aliphatic rings. The zero-order valence-corrected chi connectivity index (χ0v) is 16.1. The molecule has 3 rings (SSSR count). The van der Waals surface area contributed by atoms with Crippen LogP contribution in [-0.4, -0.2) is 46.4 Å². The first-order valence-electron chi connectivity index (χ1n) is 9.42. The Balaban J connectivity index is 1.97. The summed E-state index contributed by atoms with van der Waals surface area (Å²) in [7, 11) is 0. The molecule has 0 fully saturated rings. The highest BCUT2D eigenvalue weighted by atomic mass is 16.5. The first-order chi connectivity index (χ1) is 13.0. The highest BCUT2D eigenvalue weighted by Crippen LogP contribution is 2.26. The summed E-state index contributed by atoms with van der Waals surface area (Å²) in [5.41, 5.74) is 4.08. The molecule has 0 aliphatic carbocycles. The van der Waals surface area contributed by atoms with Gasteiger partial charge < -0.3 is 15.0 Å². The van der Waals surface area contributed by atoms with Crippen molar-refractivity contribution < 1.29 is 14.3 Å². The van der Waals surface area contributed by atoms with Gasteiger partial charge in [0.05, 0.1) is 24.5 Å². The van der Waals surface area contributed by atoms with Gasteiger partial charge in [-0.25, -0.2) is 14.3 Å². The van der Waals surface area contributed by atoms with Crippen molar-refractivity contribution in [3.63, 3.8) is 0 Å². The second-order valence-electron chi connectivity index (χ2n) is 6.65. The number of nitrogens with zero attached hydrogens (tertiary/aromatic N) is 3. The van der Waals surface area contributed by atoms with Crippen molar-refractivity contribution in [3.8, 4) is 5.69 Å². The van der Waals surface area contributed by atoms with Gasteiger partial charge in [0.25, 0.3) is 0 Å². The number of rotatable bonds is 5. The lowest BCUT2D eigenvalue weighted by Gasteiger charge is -2.28. The zero-order chi connectivity index (χ0) is 19.4. The Kier molecular flexibility index (Phi) is 5.78. The fourth-order valence-corrected chi connectivity index (χ4v) is 3.20. The number of nitrogens with one attached hydrogen (secondary N) is 1. The molecule has 0 radical (unpaired) electrons. The van der Waals surface area contributed by atoms with Gasteiger partial charge in [0.15, 0.2) is 5.69 Å². The number of benzene rings is 1. The third-order valence-corrected chi connectivity index (χ3v) is 4.62. The van der Waals surface area contributed by atoms with Crippen molar-refractivity contribution in [3.05, 3.63) is 46.8 Å². The van der Waals surface area contributed by atoms with Gasteiger partial charge in [0.2, 0.25) is 0 Å². The summed E-state index contributed by atoms with van der Waals surface area (Å²) in [5, 5.41) is 7.44. The molecule has 27 heavy (non-hydrogen) atoms. The van der Waals surface area contributed by atoms with E-state index < -0.39 is 5.97 Å². The summed E-state index contributed by atoms with van der Waals surface area (Å²) < 4.78 is 7.00. The molecule has 0 atom stereocenters. The van der Waals surface area contributed by atoms with Gasteiger partial charge >= 0.3 is 12.0 Å². The summed E-state index contributed by atoms with van der Waals surface area (Å²) in [6, 6.07) is 7.89. The van der Waals surface area contributed by atoms with Crippen molar-refractivity contribution in [2.45, 2.75) is 40.2 Å². The van der Waals surface area contributed by atoms with Crippen LogP contribution in [0.5, 0.6) is 0 Å². The van der Waals surface area contributed by atoms with Crippen LogP contribution in [-0.2, 0) is 17.7 Å². The number of fused-ring (bicyclic) bond motifs is 1. The number of aryl methyl sites for hydroxylation is 1. The predicted molar refractivity (Wildman–Crippen MR) is 102 cm³/mol. The molecule has 1 N–H and O–H groups in total. The van der Waals surface area contributed by atoms with E-state index in [2.05, 4.69) is 10.4 Å². The van der Waals surface area contributed by atoms with E-state index in [0.717, 1.165) is 28.9 Å². The maximum absolute atomic E-state index is 12.4. The minimum atomic E-state index is -0.449. The summed E-state index contributed by atoms with van der Waals surface area (Å²) in [6.07, 6.45) is 1.51. The summed E-state index contributed by atoms with van der Waals surface area (Å²) >= 11 is 0. The summed E-state index contributed by atoms with van der Waals surface area (Å²) in [4.78, 5) is 26.5. The second kappa shape index (κ2) is 8.24. The Morgan fingerprint density at radius 2 is 1.96 bits per heavy atom. The molecule has 7 heteroatoms. The van der Waals surface area contributed by atoms with Crippen molar-refractivity contribution in [1.29, 1.82) is 0 Å². The number of hydrogen-bond donors (Lipinski definition) is 1. The van der Waals surface area contributed by atoms with E-state index in [-0.39, 0.29) is 12.6 Å². The number of esters is 1. The lowest BCUT2D eigenvalue weighted by molar-refractivity contribution is 0.0516. The van der Waals surface area contributed by atoms with Gasteiger partial charge in [-0.3, -0.25) is 0 Å². The average molecular weight is 370 g/mol. The van der Waals surface area contributed by atoms with Gasteiger partial charge in [0.1, 0.15) is 0 Å². The number of urea groups is 1. The molecule has 1 aromatic carbocycles. The molecule has 0 spiro atoms. The van der Waals surface area contributed by atoms with Crippen molar-refractivity contribution in [2.24, 2.45) is 0 Å². The third kappa shape index (κ3) is 3.97. The number of aromatic nitrogens is 2. The van der Waals surface area contributed by atoms with E-state index in [1.165, 1.54) is 0 Å². The molecule has 2 heterocycles. The first-order valence-corrected chi connectivity index (χ1v) is 9.42. The number of hydrogen-bond acceptors (Lipinski definition) is 4. The van der Waals surface area contributed by atoms with Gasteiger partial charge in [-0.1, -0.05) is 24.6 Å². The predicted octanol–water partition coefficient (Wildman–Crippen LogP) is 2.84. The molecule has 1 aliphatic heterocycles. The Bertz CT molecular complexity index is 826. The SMILES string of the molecule is CCCNC(=O)N1CCc2c(c(C(=O)OCC)nn2-c2ccc(C)cc2)C1. The quantitative estimate of drug-likeness (QED) is 0.821.